The summed E-state index contributed by atoms with van der Waals surface area (Å²) in [6.07, 6.45) is 2.78. The molecule has 6 heteroatoms. The van der Waals surface area contributed by atoms with Crippen molar-refractivity contribution in [2.75, 3.05) is 0 Å². The van der Waals surface area contributed by atoms with E-state index in [1.54, 1.807) is 36.4 Å². The number of aromatic hydroxyl groups is 2. The van der Waals surface area contributed by atoms with Gasteiger partial charge in [-0.1, -0.05) is 17.7 Å². The lowest BCUT2D eigenvalue weighted by Crippen LogP contribution is -1.94. The number of hydrogen-bond acceptors (Lipinski definition) is 5. The number of hydrogen-bond donors (Lipinski definition) is 2. The van der Waals surface area contributed by atoms with E-state index in [-0.39, 0.29) is 23.7 Å². The fourth-order valence-corrected chi connectivity index (χ4v) is 2.43. The van der Waals surface area contributed by atoms with Crippen LogP contribution in [0.2, 0.25) is 5.02 Å². The number of carbonyl (C=O) groups is 1. The van der Waals surface area contributed by atoms with Crippen LogP contribution < -0.4 is 4.74 Å². The smallest absolute Gasteiger partial charge is 0.189 e. The van der Waals surface area contributed by atoms with Crippen molar-refractivity contribution in [2.24, 2.45) is 0 Å². The molecule has 0 fully saturated rings. The molecule has 0 spiro atoms. The van der Waals surface area contributed by atoms with E-state index in [1.807, 2.05) is 0 Å². The topological polar surface area (TPSA) is 79.9 Å². The van der Waals surface area contributed by atoms with Crippen LogP contribution in [0.5, 0.6) is 17.2 Å². The summed E-state index contributed by atoms with van der Waals surface area (Å²) in [7, 11) is 0. The molecule has 5 nitrogen and oxygen atoms in total. The molecular formula is C20H15ClO5. The lowest BCUT2D eigenvalue weighted by molar-refractivity contribution is 0.104. The molecule has 2 aromatic carbocycles. The lowest BCUT2D eigenvalue weighted by Gasteiger charge is -2.03. The molecule has 0 atom stereocenters. The number of benzene rings is 2. The van der Waals surface area contributed by atoms with Crippen LogP contribution in [0.4, 0.5) is 0 Å². The van der Waals surface area contributed by atoms with Gasteiger partial charge in [0.15, 0.2) is 5.78 Å². The Kier molecular flexibility index (Phi) is 5.29. The molecule has 2 N–H and O–H groups in total. The SMILES string of the molecule is O=C(/C=C/c1ccc(COc2cccc(Cl)c2)o1)c1ccc(O)cc1O. The monoisotopic (exact) mass is 370 g/mol. The van der Waals surface area contributed by atoms with Gasteiger partial charge in [-0.15, -0.1) is 0 Å². The standard InChI is InChI=1S/C20H15ClO5/c21-13-2-1-3-16(10-13)25-12-17-6-5-15(26-17)7-9-19(23)18-8-4-14(22)11-20(18)24/h1-11,22,24H,12H2/b9-7+. The molecule has 132 valence electrons. The summed E-state index contributed by atoms with van der Waals surface area (Å²) < 4.78 is 11.2. The van der Waals surface area contributed by atoms with E-state index in [1.165, 1.54) is 24.3 Å². The predicted molar refractivity (Wildman–Crippen MR) is 97.6 cm³/mol. The first kappa shape index (κ1) is 17.6. The Hall–Kier alpha value is -3.18. The first-order valence-corrected chi connectivity index (χ1v) is 8.10. The van der Waals surface area contributed by atoms with E-state index < -0.39 is 5.78 Å². The Bertz CT molecular complexity index is 958. The van der Waals surface area contributed by atoms with Crippen molar-refractivity contribution in [3.8, 4) is 17.2 Å². The quantitative estimate of drug-likeness (QED) is 0.480. The van der Waals surface area contributed by atoms with Gasteiger partial charge in [-0.25, -0.2) is 0 Å². The summed E-state index contributed by atoms with van der Waals surface area (Å²) in [6, 6.07) is 14.3. The van der Waals surface area contributed by atoms with Gasteiger partial charge < -0.3 is 19.4 Å². The molecule has 3 rings (SSSR count). The molecule has 0 radical (unpaired) electrons. The van der Waals surface area contributed by atoms with Crippen molar-refractivity contribution in [1.29, 1.82) is 0 Å². The Balaban J connectivity index is 1.62. The van der Waals surface area contributed by atoms with Gasteiger partial charge in [-0.05, 0) is 54.6 Å². The Morgan fingerprint density at radius 3 is 2.73 bits per heavy atom. The number of ether oxygens (including phenoxy) is 1. The number of phenols is 2. The van der Waals surface area contributed by atoms with E-state index in [0.29, 0.717) is 22.3 Å². The number of furan rings is 1. The highest BCUT2D eigenvalue weighted by Gasteiger charge is 2.09. The number of ketones is 1. The van der Waals surface area contributed by atoms with Crippen molar-refractivity contribution in [2.45, 2.75) is 6.61 Å². The van der Waals surface area contributed by atoms with Crippen molar-refractivity contribution < 1.29 is 24.2 Å². The molecule has 3 aromatic rings. The summed E-state index contributed by atoms with van der Waals surface area (Å²) in [5.41, 5.74) is 0.0927. The van der Waals surface area contributed by atoms with Crippen LogP contribution >= 0.6 is 11.6 Å². The van der Waals surface area contributed by atoms with Gasteiger partial charge in [-0.3, -0.25) is 4.79 Å². The van der Waals surface area contributed by atoms with Crippen molar-refractivity contribution in [3.05, 3.63) is 82.8 Å². The zero-order valence-corrected chi connectivity index (χ0v) is 14.3. The maximum Gasteiger partial charge on any atom is 0.189 e. The van der Waals surface area contributed by atoms with Crippen LogP contribution in [0, 0.1) is 0 Å². The average Bonchev–Trinajstić information content (AvgIpc) is 3.06. The van der Waals surface area contributed by atoms with E-state index in [9.17, 15) is 15.0 Å². The second-order valence-electron chi connectivity index (χ2n) is 5.45. The van der Waals surface area contributed by atoms with E-state index in [2.05, 4.69) is 0 Å². The van der Waals surface area contributed by atoms with Gasteiger partial charge in [0.25, 0.3) is 0 Å². The van der Waals surface area contributed by atoms with Gasteiger partial charge in [0.1, 0.15) is 35.4 Å². The summed E-state index contributed by atoms with van der Waals surface area (Å²) in [6.45, 7) is 0.223. The third-order valence-corrected chi connectivity index (χ3v) is 3.74. The molecule has 0 saturated carbocycles. The number of allylic oxidation sites excluding steroid dienone is 1. The summed E-state index contributed by atoms with van der Waals surface area (Å²) in [4.78, 5) is 12.1. The zero-order chi connectivity index (χ0) is 18.5. The van der Waals surface area contributed by atoms with Gasteiger partial charge in [0, 0.05) is 11.1 Å². The predicted octanol–water partition coefficient (Wildman–Crippen LogP) is 4.82. The zero-order valence-electron chi connectivity index (χ0n) is 13.6. The summed E-state index contributed by atoms with van der Waals surface area (Å²) >= 11 is 5.90. The molecule has 0 aliphatic heterocycles. The van der Waals surface area contributed by atoms with Crippen LogP contribution in [0.1, 0.15) is 21.9 Å². The van der Waals surface area contributed by atoms with Gasteiger partial charge in [0.05, 0.1) is 5.56 Å². The normalized spacial score (nSPS) is 11.0. The first-order chi connectivity index (χ1) is 12.5. The number of carbonyl (C=O) groups excluding carboxylic acids is 1. The Morgan fingerprint density at radius 1 is 1.12 bits per heavy atom. The minimum absolute atomic E-state index is 0.0927. The van der Waals surface area contributed by atoms with Crippen LogP contribution in [0.3, 0.4) is 0 Å². The molecule has 0 aliphatic rings. The number of rotatable bonds is 6. The average molecular weight is 371 g/mol. The van der Waals surface area contributed by atoms with Crippen LogP contribution in [-0.2, 0) is 6.61 Å². The summed E-state index contributed by atoms with van der Waals surface area (Å²) in [5.74, 6) is 0.888. The first-order valence-electron chi connectivity index (χ1n) is 7.73. The van der Waals surface area contributed by atoms with Gasteiger partial charge in [-0.2, -0.15) is 0 Å². The van der Waals surface area contributed by atoms with Crippen LogP contribution in [0.25, 0.3) is 6.08 Å². The minimum Gasteiger partial charge on any atom is -0.508 e. The molecule has 0 saturated heterocycles. The van der Waals surface area contributed by atoms with Gasteiger partial charge in [0.2, 0.25) is 0 Å². The number of halogens is 1. The maximum absolute atomic E-state index is 12.1. The third kappa shape index (κ3) is 4.46. The highest BCUT2D eigenvalue weighted by Crippen LogP contribution is 2.24. The summed E-state index contributed by atoms with van der Waals surface area (Å²) in [5, 5.41) is 19.5. The Labute approximate surface area is 154 Å². The lowest BCUT2D eigenvalue weighted by atomic mass is 10.1. The molecule has 0 aliphatic carbocycles. The molecule has 1 heterocycles. The second kappa shape index (κ2) is 7.80. The van der Waals surface area contributed by atoms with Crippen LogP contribution in [0.15, 0.2) is 65.1 Å². The Morgan fingerprint density at radius 2 is 1.96 bits per heavy atom. The van der Waals surface area contributed by atoms with E-state index in [4.69, 9.17) is 20.8 Å². The fraction of sp³-hybridized carbons (Fsp3) is 0.0500. The molecule has 1 aromatic heterocycles. The largest absolute Gasteiger partial charge is 0.508 e. The fourth-order valence-electron chi connectivity index (χ4n) is 2.25. The van der Waals surface area contributed by atoms with Gasteiger partial charge >= 0.3 is 0 Å². The highest BCUT2D eigenvalue weighted by molar-refractivity contribution is 6.30. The molecule has 0 bridgehead atoms. The van der Waals surface area contributed by atoms with Crippen molar-refractivity contribution >= 4 is 23.5 Å². The highest BCUT2D eigenvalue weighted by atomic mass is 35.5. The third-order valence-electron chi connectivity index (χ3n) is 3.51. The molecule has 0 unspecified atom stereocenters. The molecular weight excluding hydrogens is 356 g/mol. The van der Waals surface area contributed by atoms with Crippen LogP contribution in [-0.4, -0.2) is 16.0 Å². The number of phenolic OH excluding ortho intramolecular Hbond substituents is 2. The molecule has 0 amide bonds. The maximum atomic E-state index is 12.1. The minimum atomic E-state index is -0.407. The van der Waals surface area contributed by atoms with E-state index >= 15 is 0 Å². The molecule has 26 heavy (non-hydrogen) atoms. The van der Waals surface area contributed by atoms with E-state index in [0.717, 1.165) is 6.07 Å². The van der Waals surface area contributed by atoms with Crippen molar-refractivity contribution in [3.63, 3.8) is 0 Å². The second-order valence-corrected chi connectivity index (χ2v) is 5.89. The van der Waals surface area contributed by atoms with Crippen molar-refractivity contribution in [1.82, 2.24) is 0 Å².